The summed E-state index contributed by atoms with van der Waals surface area (Å²) in [5.74, 6) is 0. The minimum atomic E-state index is -0.441. The Hall–Kier alpha value is -1.69. The van der Waals surface area contributed by atoms with Crippen LogP contribution in [0.4, 0.5) is 0 Å². The van der Waals surface area contributed by atoms with Crippen molar-refractivity contribution in [2.75, 3.05) is 0 Å². The molecule has 1 N–H and O–H groups in total. The normalized spacial score (nSPS) is 10.5. The zero-order chi connectivity index (χ0) is 12.4. The predicted molar refractivity (Wildman–Crippen MR) is 67.1 cm³/mol. The van der Waals surface area contributed by atoms with Crippen molar-refractivity contribution in [2.24, 2.45) is 0 Å². The smallest absolute Gasteiger partial charge is 0.313 e. The molecule has 2 aromatic heterocycles. The summed E-state index contributed by atoms with van der Waals surface area (Å²) >= 11 is 3.09. The van der Waals surface area contributed by atoms with Crippen LogP contribution in [0, 0.1) is 6.92 Å². The van der Waals surface area contributed by atoms with Gasteiger partial charge in [-0.05, 0) is 34.5 Å². The molecule has 0 aromatic carbocycles. The van der Waals surface area contributed by atoms with Gasteiger partial charge in [-0.3, -0.25) is 14.3 Å². The number of nitrogens with one attached hydrogen (secondary N) is 1. The molecule has 2 heterocycles. The van der Waals surface area contributed by atoms with Gasteiger partial charge in [-0.25, -0.2) is 4.79 Å². The van der Waals surface area contributed by atoms with Gasteiger partial charge in [0, 0.05) is 12.4 Å². The van der Waals surface area contributed by atoms with Crippen LogP contribution in [0.2, 0.25) is 0 Å². The number of rotatable bonds is 2. The van der Waals surface area contributed by atoms with Crippen LogP contribution in [-0.2, 0) is 6.54 Å². The van der Waals surface area contributed by atoms with Gasteiger partial charge in [0.25, 0.3) is 5.56 Å². The van der Waals surface area contributed by atoms with Crippen LogP contribution in [0.5, 0.6) is 0 Å². The molecule has 0 saturated heterocycles. The molecule has 2 rings (SSSR count). The first-order valence-corrected chi connectivity index (χ1v) is 5.77. The van der Waals surface area contributed by atoms with Gasteiger partial charge >= 0.3 is 5.69 Å². The van der Waals surface area contributed by atoms with Crippen molar-refractivity contribution in [3.63, 3.8) is 0 Å². The van der Waals surface area contributed by atoms with Crippen molar-refractivity contribution in [3.8, 4) is 0 Å². The average molecular weight is 296 g/mol. The standard InChI is InChI=1S/C11H10BrN3O2/c1-7-3-2-4-13-9(7)6-15-10(16)8(12)5-14-11(15)17/h2-5H,6H2,1H3,(H,14,17). The van der Waals surface area contributed by atoms with Crippen LogP contribution in [0.1, 0.15) is 11.3 Å². The molecule has 88 valence electrons. The fraction of sp³-hybridized carbons (Fsp3) is 0.182. The van der Waals surface area contributed by atoms with E-state index in [0.29, 0.717) is 10.2 Å². The van der Waals surface area contributed by atoms with Gasteiger partial charge in [0.05, 0.1) is 16.7 Å². The van der Waals surface area contributed by atoms with E-state index in [0.717, 1.165) is 10.1 Å². The maximum absolute atomic E-state index is 11.8. The zero-order valence-corrected chi connectivity index (χ0v) is 10.7. The number of aromatic amines is 1. The van der Waals surface area contributed by atoms with Gasteiger partial charge in [0.1, 0.15) is 0 Å². The Labute approximate surface area is 105 Å². The zero-order valence-electron chi connectivity index (χ0n) is 9.11. The fourth-order valence-electron chi connectivity index (χ4n) is 1.46. The Balaban J connectivity index is 2.51. The molecule has 0 unspecified atom stereocenters. The molecule has 0 fully saturated rings. The van der Waals surface area contributed by atoms with Gasteiger partial charge in [0.15, 0.2) is 0 Å². The Morgan fingerprint density at radius 2 is 2.24 bits per heavy atom. The lowest BCUT2D eigenvalue weighted by Gasteiger charge is -2.06. The topological polar surface area (TPSA) is 67.8 Å². The third-order valence-corrected chi connectivity index (χ3v) is 3.01. The molecule has 0 spiro atoms. The van der Waals surface area contributed by atoms with E-state index in [1.807, 2.05) is 19.1 Å². The highest BCUT2D eigenvalue weighted by atomic mass is 79.9. The van der Waals surface area contributed by atoms with Gasteiger partial charge in [-0.2, -0.15) is 0 Å². The van der Waals surface area contributed by atoms with E-state index in [9.17, 15) is 9.59 Å². The van der Waals surface area contributed by atoms with Crippen molar-refractivity contribution in [1.29, 1.82) is 0 Å². The van der Waals surface area contributed by atoms with Crippen molar-refractivity contribution in [1.82, 2.24) is 14.5 Å². The van der Waals surface area contributed by atoms with Crippen molar-refractivity contribution in [2.45, 2.75) is 13.5 Å². The highest BCUT2D eigenvalue weighted by Gasteiger charge is 2.07. The molecular formula is C11H10BrN3O2. The average Bonchev–Trinajstić information content (AvgIpc) is 2.32. The quantitative estimate of drug-likeness (QED) is 0.900. The lowest BCUT2D eigenvalue weighted by atomic mass is 10.2. The number of hydrogen-bond acceptors (Lipinski definition) is 3. The number of nitrogens with zero attached hydrogens (tertiary/aromatic N) is 2. The highest BCUT2D eigenvalue weighted by Crippen LogP contribution is 2.04. The van der Waals surface area contributed by atoms with E-state index >= 15 is 0 Å². The molecule has 2 aromatic rings. The number of halogens is 1. The molecule has 0 atom stereocenters. The first-order valence-electron chi connectivity index (χ1n) is 4.98. The second-order valence-electron chi connectivity index (χ2n) is 3.60. The summed E-state index contributed by atoms with van der Waals surface area (Å²) in [7, 11) is 0. The van der Waals surface area contributed by atoms with Crippen LogP contribution in [0.25, 0.3) is 0 Å². The summed E-state index contributed by atoms with van der Waals surface area (Å²) in [5, 5.41) is 0. The van der Waals surface area contributed by atoms with Crippen LogP contribution in [0.15, 0.2) is 38.6 Å². The van der Waals surface area contributed by atoms with Crippen molar-refractivity contribution < 1.29 is 0 Å². The number of H-pyrrole nitrogens is 1. The van der Waals surface area contributed by atoms with Crippen LogP contribution < -0.4 is 11.2 Å². The molecule has 0 saturated carbocycles. The van der Waals surface area contributed by atoms with Crippen LogP contribution in [0.3, 0.4) is 0 Å². The Morgan fingerprint density at radius 1 is 1.47 bits per heavy atom. The maximum Gasteiger partial charge on any atom is 0.328 e. The van der Waals surface area contributed by atoms with Gasteiger partial charge in [-0.15, -0.1) is 0 Å². The molecule has 5 nitrogen and oxygen atoms in total. The van der Waals surface area contributed by atoms with Gasteiger partial charge in [0.2, 0.25) is 0 Å². The summed E-state index contributed by atoms with van der Waals surface area (Å²) in [5.41, 5.74) is 0.846. The highest BCUT2D eigenvalue weighted by molar-refractivity contribution is 9.10. The monoisotopic (exact) mass is 295 g/mol. The second kappa shape index (κ2) is 4.67. The molecule has 0 aliphatic rings. The summed E-state index contributed by atoms with van der Waals surface area (Å²) < 4.78 is 1.44. The number of aromatic nitrogens is 3. The Kier molecular flexibility index (Phi) is 3.23. The van der Waals surface area contributed by atoms with E-state index in [1.165, 1.54) is 6.20 Å². The first-order chi connectivity index (χ1) is 8.09. The third kappa shape index (κ3) is 2.36. The number of pyridine rings is 1. The van der Waals surface area contributed by atoms with Gasteiger partial charge in [-0.1, -0.05) is 6.07 Å². The Morgan fingerprint density at radius 3 is 2.94 bits per heavy atom. The first kappa shape index (κ1) is 11.8. The van der Waals surface area contributed by atoms with E-state index < -0.39 is 5.69 Å². The minimum absolute atomic E-state index is 0.167. The molecule has 17 heavy (non-hydrogen) atoms. The number of hydrogen-bond donors (Lipinski definition) is 1. The SMILES string of the molecule is Cc1cccnc1Cn1c(=O)[nH]cc(Br)c1=O. The summed E-state index contributed by atoms with van der Waals surface area (Å²) in [6, 6.07) is 3.70. The van der Waals surface area contributed by atoms with E-state index in [-0.39, 0.29) is 12.1 Å². The van der Waals surface area contributed by atoms with E-state index in [4.69, 9.17) is 0 Å². The predicted octanol–water partition coefficient (Wildman–Crippen LogP) is 1.05. The molecule has 0 aliphatic carbocycles. The third-order valence-electron chi connectivity index (χ3n) is 2.44. The van der Waals surface area contributed by atoms with E-state index in [2.05, 4.69) is 25.9 Å². The molecule has 0 amide bonds. The molecule has 0 aliphatic heterocycles. The lowest BCUT2D eigenvalue weighted by molar-refractivity contribution is 0.677. The summed E-state index contributed by atoms with van der Waals surface area (Å²) in [4.78, 5) is 30.0. The van der Waals surface area contributed by atoms with Crippen LogP contribution >= 0.6 is 15.9 Å². The fourth-order valence-corrected chi connectivity index (χ4v) is 1.79. The maximum atomic E-state index is 11.8. The molecular weight excluding hydrogens is 286 g/mol. The van der Waals surface area contributed by atoms with Crippen molar-refractivity contribution in [3.05, 3.63) is 61.1 Å². The summed E-state index contributed by atoms with van der Waals surface area (Å²) in [6.45, 7) is 2.06. The molecule has 6 heteroatoms. The van der Waals surface area contributed by atoms with Gasteiger partial charge < -0.3 is 4.98 Å². The van der Waals surface area contributed by atoms with Crippen molar-refractivity contribution >= 4 is 15.9 Å². The lowest BCUT2D eigenvalue weighted by Crippen LogP contribution is -2.35. The summed E-state index contributed by atoms with van der Waals surface area (Å²) in [6.07, 6.45) is 2.98. The van der Waals surface area contributed by atoms with E-state index in [1.54, 1.807) is 6.20 Å². The largest absolute Gasteiger partial charge is 0.328 e. The minimum Gasteiger partial charge on any atom is -0.313 e. The molecule has 0 bridgehead atoms. The Bertz CT molecular complexity index is 660. The second-order valence-corrected chi connectivity index (χ2v) is 4.45. The molecule has 0 radical (unpaired) electrons. The van der Waals surface area contributed by atoms with Crippen LogP contribution in [-0.4, -0.2) is 14.5 Å². The number of aryl methyl sites for hydroxylation is 1.